The summed E-state index contributed by atoms with van der Waals surface area (Å²) in [6, 6.07) is 8.77. The fourth-order valence-electron chi connectivity index (χ4n) is 3.14. The number of benzene rings is 1. The number of rotatable bonds is 7. The smallest absolute Gasteiger partial charge is 0.266 e. The molecular formula is C20H26N4O4. The highest BCUT2D eigenvalue weighted by Gasteiger charge is 2.21. The van der Waals surface area contributed by atoms with Crippen LogP contribution in [0, 0.1) is 6.92 Å². The number of ether oxygens (including phenoxy) is 2. The molecule has 1 fully saturated rings. The van der Waals surface area contributed by atoms with Gasteiger partial charge in [0.25, 0.3) is 11.5 Å². The van der Waals surface area contributed by atoms with Crippen molar-refractivity contribution in [2.24, 2.45) is 0 Å². The van der Waals surface area contributed by atoms with Crippen LogP contribution in [0.5, 0.6) is 11.5 Å². The standard InChI is InChI=1S/C20H26N4O4/c1-16-5-6-17(18(14-16)27-2)28-15-20(26)23-11-8-22(9-12-23)10-13-24-19(25)4-3-7-21-24/h3-7,14H,8-13,15H2,1-2H3. The third kappa shape index (κ3) is 5.10. The van der Waals surface area contributed by atoms with Gasteiger partial charge in [0.15, 0.2) is 18.1 Å². The van der Waals surface area contributed by atoms with Crippen LogP contribution in [-0.4, -0.2) is 71.9 Å². The second kappa shape index (κ2) is 9.36. The number of hydrogen-bond acceptors (Lipinski definition) is 6. The van der Waals surface area contributed by atoms with Crippen LogP contribution in [0.25, 0.3) is 0 Å². The molecule has 8 nitrogen and oxygen atoms in total. The maximum Gasteiger partial charge on any atom is 0.266 e. The molecule has 0 atom stereocenters. The van der Waals surface area contributed by atoms with Crippen LogP contribution in [-0.2, 0) is 11.3 Å². The largest absolute Gasteiger partial charge is 0.493 e. The Bertz CT molecular complexity index is 859. The second-order valence-corrected chi connectivity index (χ2v) is 6.75. The van der Waals surface area contributed by atoms with Gasteiger partial charge in [-0.2, -0.15) is 5.10 Å². The Hall–Kier alpha value is -2.87. The van der Waals surface area contributed by atoms with Crippen molar-refractivity contribution >= 4 is 5.91 Å². The number of hydrogen-bond donors (Lipinski definition) is 0. The molecule has 0 radical (unpaired) electrons. The van der Waals surface area contributed by atoms with Gasteiger partial charge in [0, 0.05) is 45.0 Å². The minimum Gasteiger partial charge on any atom is -0.493 e. The molecule has 0 N–H and O–H groups in total. The van der Waals surface area contributed by atoms with Crippen molar-refractivity contribution in [3.05, 3.63) is 52.4 Å². The molecule has 3 rings (SSSR count). The third-order valence-electron chi connectivity index (χ3n) is 4.81. The zero-order chi connectivity index (χ0) is 19.9. The van der Waals surface area contributed by atoms with E-state index in [0.717, 1.165) is 25.2 Å². The monoisotopic (exact) mass is 386 g/mol. The average Bonchev–Trinajstić information content (AvgIpc) is 2.72. The minimum absolute atomic E-state index is 0.0112. The summed E-state index contributed by atoms with van der Waals surface area (Å²) in [5, 5.41) is 4.06. The van der Waals surface area contributed by atoms with E-state index < -0.39 is 0 Å². The first-order chi connectivity index (χ1) is 13.6. The molecule has 1 saturated heterocycles. The van der Waals surface area contributed by atoms with E-state index in [4.69, 9.17) is 9.47 Å². The minimum atomic E-state index is -0.0972. The van der Waals surface area contributed by atoms with Crippen molar-refractivity contribution in [2.75, 3.05) is 46.4 Å². The number of aromatic nitrogens is 2. The lowest BCUT2D eigenvalue weighted by Crippen LogP contribution is -2.50. The Morgan fingerprint density at radius 3 is 2.61 bits per heavy atom. The van der Waals surface area contributed by atoms with E-state index in [9.17, 15) is 9.59 Å². The highest BCUT2D eigenvalue weighted by Crippen LogP contribution is 2.27. The van der Waals surface area contributed by atoms with Crippen molar-refractivity contribution in [1.82, 2.24) is 19.6 Å². The predicted molar refractivity (Wildman–Crippen MR) is 105 cm³/mol. The van der Waals surface area contributed by atoms with E-state index in [1.54, 1.807) is 19.4 Å². The number of methoxy groups -OCH3 is 1. The summed E-state index contributed by atoms with van der Waals surface area (Å²) in [5.74, 6) is 1.16. The molecule has 1 amide bonds. The van der Waals surface area contributed by atoms with Crippen LogP contribution in [0.4, 0.5) is 0 Å². The Morgan fingerprint density at radius 2 is 1.89 bits per heavy atom. The fourth-order valence-corrected chi connectivity index (χ4v) is 3.14. The highest BCUT2D eigenvalue weighted by atomic mass is 16.5. The number of nitrogens with zero attached hydrogens (tertiary/aromatic N) is 4. The lowest BCUT2D eigenvalue weighted by Gasteiger charge is -2.34. The molecule has 28 heavy (non-hydrogen) atoms. The Morgan fingerprint density at radius 1 is 1.11 bits per heavy atom. The van der Waals surface area contributed by atoms with Gasteiger partial charge < -0.3 is 14.4 Å². The maximum absolute atomic E-state index is 12.5. The molecule has 0 saturated carbocycles. The van der Waals surface area contributed by atoms with E-state index >= 15 is 0 Å². The van der Waals surface area contributed by atoms with Crippen LogP contribution in [0.3, 0.4) is 0 Å². The van der Waals surface area contributed by atoms with Crippen LogP contribution >= 0.6 is 0 Å². The van der Waals surface area contributed by atoms with E-state index in [-0.39, 0.29) is 18.1 Å². The van der Waals surface area contributed by atoms with Gasteiger partial charge in [-0.05, 0) is 30.7 Å². The van der Waals surface area contributed by atoms with Crippen molar-refractivity contribution in [3.63, 3.8) is 0 Å². The fraction of sp³-hybridized carbons (Fsp3) is 0.450. The Kier molecular flexibility index (Phi) is 6.65. The quantitative estimate of drug-likeness (QED) is 0.700. The highest BCUT2D eigenvalue weighted by molar-refractivity contribution is 5.78. The summed E-state index contributed by atoms with van der Waals surface area (Å²) in [6.07, 6.45) is 1.61. The molecular weight excluding hydrogens is 360 g/mol. The van der Waals surface area contributed by atoms with Crippen molar-refractivity contribution < 1.29 is 14.3 Å². The normalized spacial score (nSPS) is 14.7. The molecule has 1 aromatic heterocycles. The summed E-state index contributed by atoms with van der Waals surface area (Å²) in [4.78, 5) is 28.2. The zero-order valence-electron chi connectivity index (χ0n) is 16.3. The summed E-state index contributed by atoms with van der Waals surface area (Å²) in [6.45, 7) is 6.06. The van der Waals surface area contributed by atoms with Gasteiger partial charge in [-0.1, -0.05) is 6.07 Å². The lowest BCUT2D eigenvalue weighted by molar-refractivity contribution is -0.135. The van der Waals surface area contributed by atoms with Gasteiger partial charge in [-0.3, -0.25) is 14.5 Å². The zero-order valence-corrected chi connectivity index (χ0v) is 16.3. The van der Waals surface area contributed by atoms with Gasteiger partial charge in [0.1, 0.15) is 0 Å². The van der Waals surface area contributed by atoms with Gasteiger partial charge >= 0.3 is 0 Å². The first-order valence-corrected chi connectivity index (χ1v) is 9.36. The summed E-state index contributed by atoms with van der Waals surface area (Å²) >= 11 is 0. The molecule has 150 valence electrons. The van der Waals surface area contributed by atoms with E-state index in [1.807, 2.05) is 30.0 Å². The average molecular weight is 386 g/mol. The molecule has 0 aliphatic carbocycles. The lowest BCUT2D eigenvalue weighted by atomic mass is 10.2. The van der Waals surface area contributed by atoms with Crippen LogP contribution in [0.15, 0.2) is 41.3 Å². The number of amides is 1. The van der Waals surface area contributed by atoms with Gasteiger partial charge in [0.2, 0.25) is 0 Å². The van der Waals surface area contributed by atoms with Gasteiger partial charge in [0.05, 0.1) is 13.7 Å². The van der Waals surface area contributed by atoms with Crippen molar-refractivity contribution in [3.8, 4) is 11.5 Å². The molecule has 2 heterocycles. The first-order valence-electron chi connectivity index (χ1n) is 9.36. The molecule has 0 unspecified atom stereocenters. The molecule has 1 aromatic carbocycles. The van der Waals surface area contributed by atoms with Crippen molar-refractivity contribution in [2.45, 2.75) is 13.5 Å². The molecule has 0 spiro atoms. The third-order valence-corrected chi connectivity index (χ3v) is 4.81. The Labute approximate surface area is 164 Å². The molecule has 8 heteroatoms. The second-order valence-electron chi connectivity index (χ2n) is 6.75. The number of carbonyl (C=O) groups is 1. The van der Waals surface area contributed by atoms with Gasteiger partial charge in [-0.25, -0.2) is 4.68 Å². The van der Waals surface area contributed by atoms with Crippen LogP contribution in [0.2, 0.25) is 0 Å². The van der Waals surface area contributed by atoms with E-state index in [0.29, 0.717) is 31.1 Å². The van der Waals surface area contributed by atoms with E-state index in [2.05, 4.69) is 10.00 Å². The summed E-state index contributed by atoms with van der Waals surface area (Å²) in [7, 11) is 1.59. The van der Waals surface area contributed by atoms with Gasteiger partial charge in [-0.15, -0.1) is 0 Å². The molecule has 1 aliphatic rings. The van der Waals surface area contributed by atoms with Crippen molar-refractivity contribution in [1.29, 1.82) is 0 Å². The SMILES string of the molecule is COc1cc(C)ccc1OCC(=O)N1CCN(CCn2ncccc2=O)CC1. The molecule has 2 aromatic rings. The predicted octanol–water partition coefficient (Wildman–Crippen LogP) is 0.784. The molecule has 0 bridgehead atoms. The summed E-state index contributed by atoms with van der Waals surface area (Å²) in [5.41, 5.74) is 0.972. The topological polar surface area (TPSA) is 76.9 Å². The number of aryl methyl sites for hydroxylation is 1. The molecule has 1 aliphatic heterocycles. The van der Waals surface area contributed by atoms with Crippen LogP contribution in [0.1, 0.15) is 5.56 Å². The maximum atomic E-state index is 12.5. The summed E-state index contributed by atoms with van der Waals surface area (Å²) < 4.78 is 12.4. The first kappa shape index (κ1) is 19.9. The number of piperazine rings is 1. The van der Waals surface area contributed by atoms with E-state index in [1.165, 1.54) is 10.7 Å². The Balaban J connectivity index is 1.44. The van der Waals surface area contributed by atoms with Crippen LogP contribution < -0.4 is 15.0 Å². The number of carbonyl (C=O) groups excluding carboxylic acids is 1.